The van der Waals surface area contributed by atoms with Crippen LogP contribution in [0, 0.1) is 5.92 Å². The molecule has 4 nitrogen and oxygen atoms in total. The highest BCUT2D eigenvalue weighted by molar-refractivity contribution is 7.88. The van der Waals surface area contributed by atoms with Crippen molar-refractivity contribution < 1.29 is 8.42 Å². The molecule has 106 valence electrons. The van der Waals surface area contributed by atoms with E-state index in [9.17, 15) is 8.42 Å². The van der Waals surface area contributed by atoms with Gasteiger partial charge in [0, 0.05) is 12.6 Å². The van der Waals surface area contributed by atoms with Crippen molar-refractivity contribution in [3.05, 3.63) is 35.9 Å². The zero-order valence-corrected chi connectivity index (χ0v) is 12.4. The smallest absolute Gasteiger partial charge is 0.216 e. The van der Waals surface area contributed by atoms with E-state index in [1.807, 2.05) is 30.3 Å². The largest absolute Gasteiger partial charge is 0.306 e. The van der Waals surface area contributed by atoms with Crippen LogP contribution in [0.2, 0.25) is 0 Å². The van der Waals surface area contributed by atoms with Gasteiger partial charge in [0.05, 0.1) is 5.75 Å². The molecule has 1 aliphatic heterocycles. The Morgan fingerprint density at radius 1 is 1.32 bits per heavy atom. The summed E-state index contributed by atoms with van der Waals surface area (Å²) in [5.41, 5.74) is 0.829. The Bertz CT molecular complexity index is 501. The Labute approximate surface area is 115 Å². The highest BCUT2D eigenvalue weighted by Gasteiger charge is 2.27. The molecule has 19 heavy (non-hydrogen) atoms. The van der Waals surface area contributed by atoms with Crippen LogP contribution in [0.4, 0.5) is 0 Å². The van der Waals surface area contributed by atoms with Gasteiger partial charge in [-0.2, -0.15) is 0 Å². The van der Waals surface area contributed by atoms with E-state index in [0.29, 0.717) is 5.92 Å². The number of nitrogens with one attached hydrogen (secondary N) is 1. The van der Waals surface area contributed by atoms with Crippen molar-refractivity contribution in [2.45, 2.75) is 25.1 Å². The summed E-state index contributed by atoms with van der Waals surface area (Å²) in [5.74, 6) is 0.414. The minimum absolute atomic E-state index is 0.0601. The van der Waals surface area contributed by atoms with E-state index in [-0.39, 0.29) is 11.8 Å². The molecule has 2 rings (SSSR count). The van der Waals surface area contributed by atoms with E-state index in [4.69, 9.17) is 0 Å². The maximum atomic E-state index is 12.2. The highest BCUT2D eigenvalue weighted by atomic mass is 32.2. The van der Waals surface area contributed by atoms with E-state index in [1.54, 1.807) is 0 Å². The standard InChI is InChI=1S/C14H22N2O2S/c1-12-10-16(2)9-8-14(12)15-19(17,18)11-13-6-4-3-5-7-13/h3-7,12,14-15H,8-11H2,1-2H3/t12-,14-/m0/s1. The number of rotatable bonds is 4. The van der Waals surface area contributed by atoms with Gasteiger partial charge in [0.2, 0.25) is 10.0 Å². The summed E-state index contributed by atoms with van der Waals surface area (Å²) in [4.78, 5) is 2.24. The summed E-state index contributed by atoms with van der Waals surface area (Å²) in [6, 6.07) is 9.37. The van der Waals surface area contributed by atoms with Gasteiger partial charge in [-0.1, -0.05) is 37.3 Å². The van der Waals surface area contributed by atoms with Gasteiger partial charge in [0.15, 0.2) is 0 Å². The molecular formula is C14H22N2O2S. The molecule has 0 aromatic heterocycles. The van der Waals surface area contributed by atoms with E-state index >= 15 is 0 Å². The Morgan fingerprint density at radius 2 is 2.00 bits per heavy atom. The van der Waals surface area contributed by atoms with Crippen LogP contribution in [0.25, 0.3) is 0 Å². The number of benzene rings is 1. The minimum atomic E-state index is -3.25. The van der Waals surface area contributed by atoms with Crippen molar-refractivity contribution in [2.75, 3.05) is 20.1 Å². The van der Waals surface area contributed by atoms with Gasteiger partial charge in [0.25, 0.3) is 0 Å². The first kappa shape index (κ1) is 14.5. The zero-order valence-electron chi connectivity index (χ0n) is 11.5. The molecule has 0 unspecified atom stereocenters. The monoisotopic (exact) mass is 282 g/mol. The second-order valence-corrected chi connectivity index (χ2v) is 7.25. The number of likely N-dealkylation sites (tertiary alicyclic amines) is 1. The van der Waals surface area contributed by atoms with Crippen molar-refractivity contribution in [3.63, 3.8) is 0 Å². The molecule has 1 saturated heterocycles. The average Bonchev–Trinajstić information content (AvgIpc) is 2.33. The predicted molar refractivity (Wildman–Crippen MR) is 77.3 cm³/mol. The van der Waals surface area contributed by atoms with Crippen LogP contribution >= 0.6 is 0 Å². The van der Waals surface area contributed by atoms with Crippen molar-refractivity contribution in [1.29, 1.82) is 0 Å². The fraction of sp³-hybridized carbons (Fsp3) is 0.571. The molecule has 1 aromatic carbocycles. The maximum Gasteiger partial charge on any atom is 0.216 e. The van der Waals surface area contributed by atoms with Crippen molar-refractivity contribution in [2.24, 2.45) is 5.92 Å². The molecule has 2 atom stereocenters. The molecule has 1 aliphatic rings. The fourth-order valence-corrected chi connectivity index (χ4v) is 4.12. The summed E-state index contributed by atoms with van der Waals surface area (Å²) in [5, 5.41) is 0. The third kappa shape index (κ3) is 4.30. The molecule has 0 amide bonds. The van der Waals surface area contributed by atoms with E-state index in [1.165, 1.54) is 0 Å². The highest BCUT2D eigenvalue weighted by Crippen LogP contribution is 2.17. The van der Waals surface area contributed by atoms with Gasteiger partial charge >= 0.3 is 0 Å². The van der Waals surface area contributed by atoms with Gasteiger partial charge in [0.1, 0.15) is 0 Å². The number of sulfonamides is 1. The number of piperidine rings is 1. The number of hydrogen-bond acceptors (Lipinski definition) is 3. The van der Waals surface area contributed by atoms with E-state index in [2.05, 4.69) is 23.6 Å². The molecule has 1 aromatic rings. The van der Waals surface area contributed by atoms with Gasteiger partial charge < -0.3 is 4.90 Å². The third-order valence-corrected chi connectivity index (χ3v) is 5.01. The molecule has 0 saturated carbocycles. The first-order valence-corrected chi connectivity index (χ1v) is 8.34. The Morgan fingerprint density at radius 3 is 2.63 bits per heavy atom. The quantitative estimate of drug-likeness (QED) is 0.909. The van der Waals surface area contributed by atoms with Crippen molar-refractivity contribution >= 4 is 10.0 Å². The fourth-order valence-electron chi connectivity index (χ4n) is 2.60. The Kier molecular flexibility index (Phi) is 4.60. The summed E-state index contributed by atoms with van der Waals surface area (Å²) >= 11 is 0. The molecule has 1 N–H and O–H groups in total. The second-order valence-electron chi connectivity index (χ2n) is 5.50. The van der Waals surface area contributed by atoms with Gasteiger partial charge in [-0.25, -0.2) is 13.1 Å². The first-order chi connectivity index (χ1) is 8.96. The molecular weight excluding hydrogens is 260 g/mol. The summed E-state index contributed by atoms with van der Waals surface area (Å²) in [6.45, 7) is 3.99. The van der Waals surface area contributed by atoms with Gasteiger partial charge in [-0.15, -0.1) is 0 Å². The predicted octanol–water partition coefficient (Wildman–Crippen LogP) is 1.45. The summed E-state index contributed by atoms with van der Waals surface area (Å²) in [6.07, 6.45) is 0.881. The van der Waals surface area contributed by atoms with Crippen LogP contribution in [0.1, 0.15) is 18.9 Å². The van der Waals surface area contributed by atoms with E-state index < -0.39 is 10.0 Å². The molecule has 1 fully saturated rings. The molecule has 0 bridgehead atoms. The number of hydrogen-bond donors (Lipinski definition) is 1. The maximum absolute atomic E-state index is 12.2. The van der Waals surface area contributed by atoms with Crippen LogP contribution in [0.5, 0.6) is 0 Å². The lowest BCUT2D eigenvalue weighted by Crippen LogP contribution is -2.49. The van der Waals surface area contributed by atoms with Gasteiger partial charge in [-0.05, 0) is 31.5 Å². The van der Waals surface area contributed by atoms with Crippen LogP contribution < -0.4 is 4.72 Å². The molecule has 0 spiro atoms. The molecule has 0 radical (unpaired) electrons. The topological polar surface area (TPSA) is 49.4 Å². The SMILES string of the molecule is C[C@H]1CN(C)CC[C@@H]1NS(=O)(=O)Cc1ccccc1. The molecule has 5 heteroatoms. The lowest BCUT2D eigenvalue weighted by atomic mass is 9.95. The Hall–Kier alpha value is -0.910. The molecule has 0 aliphatic carbocycles. The van der Waals surface area contributed by atoms with Crippen molar-refractivity contribution in [1.82, 2.24) is 9.62 Å². The third-order valence-electron chi connectivity index (χ3n) is 3.64. The lowest BCUT2D eigenvalue weighted by Gasteiger charge is -2.34. The second kappa shape index (κ2) is 6.03. The number of nitrogens with zero attached hydrogens (tertiary/aromatic N) is 1. The minimum Gasteiger partial charge on any atom is -0.306 e. The first-order valence-electron chi connectivity index (χ1n) is 6.69. The average molecular weight is 282 g/mol. The summed E-state index contributed by atoms with van der Waals surface area (Å²) in [7, 11) is -1.18. The molecule has 1 heterocycles. The van der Waals surface area contributed by atoms with Crippen LogP contribution in [0.3, 0.4) is 0 Å². The zero-order chi connectivity index (χ0) is 13.9. The van der Waals surface area contributed by atoms with Gasteiger partial charge in [-0.3, -0.25) is 0 Å². The van der Waals surface area contributed by atoms with E-state index in [0.717, 1.165) is 25.1 Å². The van der Waals surface area contributed by atoms with Crippen LogP contribution in [0.15, 0.2) is 30.3 Å². The normalized spacial score (nSPS) is 25.4. The van der Waals surface area contributed by atoms with Crippen molar-refractivity contribution in [3.8, 4) is 0 Å². The Balaban J connectivity index is 1.98. The lowest BCUT2D eigenvalue weighted by molar-refractivity contribution is 0.188. The van der Waals surface area contributed by atoms with Crippen LogP contribution in [-0.4, -0.2) is 39.5 Å². The van der Waals surface area contributed by atoms with Crippen LogP contribution in [-0.2, 0) is 15.8 Å². The summed E-state index contributed by atoms with van der Waals surface area (Å²) < 4.78 is 27.2.